The van der Waals surface area contributed by atoms with Gasteiger partial charge in [-0.25, -0.2) is 0 Å². The number of carbonyl (C=O) groups excluding carboxylic acids is 2. The van der Waals surface area contributed by atoms with Gasteiger partial charge >= 0.3 is 0 Å². The third-order valence-electron chi connectivity index (χ3n) is 5.65. The van der Waals surface area contributed by atoms with E-state index in [1.165, 1.54) is 14.0 Å². The maximum Gasteiger partial charge on any atom is 0.292 e. The van der Waals surface area contributed by atoms with E-state index in [1.807, 2.05) is 13.8 Å². The molecule has 182 valence electrons. The summed E-state index contributed by atoms with van der Waals surface area (Å²) in [6, 6.07) is 1.68. The normalized spacial score (nSPS) is 24.8. The zero-order valence-electron chi connectivity index (χ0n) is 19.5. The van der Waals surface area contributed by atoms with E-state index in [0.29, 0.717) is 45.5 Å². The molecule has 0 aromatic carbocycles. The molecule has 0 spiro atoms. The first-order valence-corrected chi connectivity index (χ1v) is 11.2. The van der Waals surface area contributed by atoms with Crippen LogP contribution in [0, 0.1) is 0 Å². The van der Waals surface area contributed by atoms with Gasteiger partial charge in [0.2, 0.25) is 11.7 Å². The fraction of sp³-hybridized carbons (Fsp3) is 0.773. The third-order valence-corrected chi connectivity index (χ3v) is 5.65. The maximum atomic E-state index is 13.0. The lowest BCUT2D eigenvalue weighted by molar-refractivity contribution is -0.136. The second-order valence-electron chi connectivity index (χ2n) is 8.50. The van der Waals surface area contributed by atoms with Crippen LogP contribution in [0.2, 0.25) is 0 Å². The summed E-state index contributed by atoms with van der Waals surface area (Å²) in [4.78, 5) is 28.4. The van der Waals surface area contributed by atoms with E-state index < -0.39 is 18.3 Å². The second kappa shape index (κ2) is 12.9. The van der Waals surface area contributed by atoms with Crippen LogP contribution in [0.5, 0.6) is 0 Å². The van der Waals surface area contributed by atoms with Crippen molar-refractivity contribution in [2.75, 3.05) is 46.5 Å². The first-order valence-electron chi connectivity index (χ1n) is 11.2. The van der Waals surface area contributed by atoms with Crippen LogP contribution < -0.4 is 0 Å². The number of hydrogen-bond acceptors (Lipinski definition) is 8. The van der Waals surface area contributed by atoms with Gasteiger partial charge in [0.25, 0.3) is 5.91 Å². The second-order valence-corrected chi connectivity index (χ2v) is 8.50. The highest BCUT2D eigenvalue weighted by Crippen LogP contribution is 2.16. The SMILES string of the molecule is CO[C@H]1CN(C(C)=O)CCCN(C(=O)c2cc(C(C)C)no2)CCCCOC[C@H](O)[C@@H]1O. The van der Waals surface area contributed by atoms with Gasteiger partial charge in [0.1, 0.15) is 18.3 Å². The van der Waals surface area contributed by atoms with E-state index >= 15 is 0 Å². The van der Waals surface area contributed by atoms with Crippen molar-refractivity contribution in [1.29, 1.82) is 0 Å². The molecule has 0 saturated carbocycles. The summed E-state index contributed by atoms with van der Waals surface area (Å²) in [5, 5.41) is 24.6. The predicted molar refractivity (Wildman–Crippen MR) is 116 cm³/mol. The molecule has 10 nitrogen and oxygen atoms in total. The van der Waals surface area contributed by atoms with Crippen molar-refractivity contribution in [3.63, 3.8) is 0 Å². The molecule has 0 radical (unpaired) electrons. The largest absolute Gasteiger partial charge is 0.388 e. The average molecular weight is 456 g/mol. The monoisotopic (exact) mass is 455 g/mol. The van der Waals surface area contributed by atoms with Gasteiger partial charge in [-0.1, -0.05) is 19.0 Å². The first kappa shape index (κ1) is 26.2. The van der Waals surface area contributed by atoms with E-state index in [0.717, 1.165) is 5.69 Å². The molecular weight excluding hydrogens is 418 g/mol. The number of carbonyl (C=O) groups is 2. The van der Waals surface area contributed by atoms with E-state index in [2.05, 4.69) is 5.16 Å². The van der Waals surface area contributed by atoms with Gasteiger partial charge in [0.05, 0.1) is 12.3 Å². The number of ether oxygens (including phenoxy) is 2. The van der Waals surface area contributed by atoms with Crippen LogP contribution >= 0.6 is 0 Å². The van der Waals surface area contributed by atoms with Gasteiger partial charge in [-0.15, -0.1) is 0 Å². The molecule has 32 heavy (non-hydrogen) atoms. The van der Waals surface area contributed by atoms with E-state index in [1.54, 1.807) is 15.9 Å². The van der Waals surface area contributed by atoms with Crippen LogP contribution in [0.25, 0.3) is 0 Å². The maximum absolute atomic E-state index is 13.0. The molecule has 2 N–H and O–H groups in total. The molecule has 1 aliphatic heterocycles. The summed E-state index contributed by atoms with van der Waals surface area (Å²) < 4.78 is 16.1. The summed E-state index contributed by atoms with van der Waals surface area (Å²) in [5.41, 5.74) is 0.727. The van der Waals surface area contributed by atoms with Gasteiger partial charge in [0.15, 0.2) is 0 Å². The Labute approximate surface area is 189 Å². The lowest BCUT2D eigenvalue weighted by Gasteiger charge is -2.31. The Balaban J connectivity index is 2.13. The van der Waals surface area contributed by atoms with E-state index in [9.17, 15) is 19.8 Å². The third kappa shape index (κ3) is 7.54. The van der Waals surface area contributed by atoms with Crippen molar-refractivity contribution in [2.24, 2.45) is 0 Å². The Bertz CT molecular complexity index is 724. The Morgan fingerprint density at radius 1 is 1.16 bits per heavy atom. The minimum atomic E-state index is -1.19. The first-order chi connectivity index (χ1) is 15.2. The fourth-order valence-electron chi connectivity index (χ4n) is 3.56. The number of rotatable bonds is 3. The number of hydrogen-bond donors (Lipinski definition) is 2. The van der Waals surface area contributed by atoms with E-state index in [-0.39, 0.29) is 36.6 Å². The highest BCUT2D eigenvalue weighted by molar-refractivity contribution is 5.91. The molecular formula is C22H37N3O7. The smallest absolute Gasteiger partial charge is 0.292 e. The minimum absolute atomic E-state index is 0.0419. The predicted octanol–water partition coefficient (Wildman–Crippen LogP) is 1.03. The zero-order chi connectivity index (χ0) is 23.7. The van der Waals surface area contributed by atoms with Crippen molar-refractivity contribution in [1.82, 2.24) is 15.0 Å². The highest BCUT2D eigenvalue weighted by Gasteiger charge is 2.29. The molecule has 2 amide bonds. The van der Waals surface area contributed by atoms with Crippen molar-refractivity contribution in [3.05, 3.63) is 17.5 Å². The van der Waals surface area contributed by atoms with Crippen molar-refractivity contribution < 1.29 is 33.8 Å². The Hall–Kier alpha value is -2.01. The van der Waals surface area contributed by atoms with Crippen LogP contribution in [-0.2, 0) is 14.3 Å². The van der Waals surface area contributed by atoms with Crippen LogP contribution in [0.3, 0.4) is 0 Å². The molecule has 3 atom stereocenters. The van der Waals surface area contributed by atoms with Gasteiger partial charge in [-0.2, -0.15) is 0 Å². The van der Waals surface area contributed by atoms with Crippen molar-refractivity contribution in [2.45, 2.75) is 64.3 Å². The Morgan fingerprint density at radius 2 is 1.84 bits per heavy atom. The number of aromatic nitrogens is 1. The van der Waals surface area contributed by atoms with Gasteiger partial charge in [-0.05, 0) is 25.2 Å². The molecule has 1 saturated heterocycles. The molecule has 0 aliphatic carbocycles. The average Bonchev–Trinajstić information content (AvgIpc) is 3.25. The van der Waals surface area contributed by atoms with Gasteiger partial charge in [-0.3, -0.25) is 9.59 Å². The highest BCUT2D eigenvalue weighted by atomic mass is 16.5. The molecule has 1 aromatic heterocycles. The lowest BCUT2D eigenvalue weighted by Crippen LogP contribution is -2.48. The topological polar surface area (TPSA) is 126 Å². The molecule has 1 fully saturated rings. The summed E-state index contributed by atoms with van der Waals surface area (Å²) in [5.74, 6) is -0.0467. The molecule has 0 unspecified atom stereocenters. The molecule has 10 heteroatoms. The standard InChI is InChI=1S/C22H37N3O7/c1-15(2)17-12-19(32-23-17)22(29)24-8-5-6-11-31-14-18(27)21(28)20(30-4)13-25(16(3)26)10-7-9-24/h12,15,18,20-21,27-28H,5-11,13-14H2,1-4H3/t18-,20-,21-/m0/s1. The summed E-state index contributed by atoms with van der Waals surface area (Å²) in [7, 11) is 1.43. The number of aliphatic hydroxyl groups is 2. The molecule has 1 aromatic rings. The zero-order valence-corrected chi connectivity index (χ0v) is 19.5. The summed E-state index contributed by atoms with van der Waals surface area (Å²) in [6.45, 7) is 7.20. The number of methoxy groups -OCH3 is 1. The molecule has 1 aliphatic rings. The molecule has 2 rings (SSSR count). The molecule has 2 heterocycles. The lowest BCUT2D eigenvalue weighted by atomic mass is 10.1. The van der Waals surface area contributed by atoms with Gasteiger partial charge < -0.3 is 34.0 Å². The van der Waals surface area contributed by atoms with Crippen LogP contribution in [0.4, 0.5) is 0 Å². The molecule has 0 bridgehead atoms. The Morgan fingerprint density at radius 3 is 2.47 bits per heavy atom. The van der Waals surface area contributed by atoms with Crippen LogP contribution in [0.15, 0.2) is 10.6 Å². The Kier molecular flexibility index (Phi) is 10.6. The van der Waals surface area contributed by atoms with Crippen LogP contribution in [-0.4, -0.2) is 102 Å². The number of amides is 2. The van der Waals surface area contributed by atoms with Gasteiger partial charge in [0, 0.05) is 52.9 Å². The quantitative estimate of drug-likeness (QED) is 0.692. The van der Waals surface area contributed by atoms with Crippen molar-refractivity contribution >= 4 is 11.8 Å². The van der Waals surface area contributed by atoms with E-state index in [4.69, 9.17) is 14.0 Å². The fourth-order valence-corrected chi connectivity index (χ4v) is 3.56. The number of nitrogens with zero attached hydrogens (tertiary/aromatic N) is 3. The minimum Gasteiger partial charge on any atom is -0.388 e. The summed E-state index contributed by atoms with van der Waals surface area (Å²) >= 11 is 0. The van der Waals surface area contributed by atoms with Crippen LogP contribution in [0.1, 0.15) is 62.2 Å². The van der Waals surface area contributed by atoms with Crippen molar-refractivity contribution in [3.8, 4) is 0 Å². The number of aliphatic hydroxyl groups excluding tert-OH is 2. The summed E-state index contributed by atoms with van der Waals surface area (Å²) in [6.07, 6.45) is -1.14.